The van der Waals surface area contributed by atoms with Crippen molar-refractivity contribution in [3.05, 3.63) is 35.9 Å². The van der Waals surface area contributed by atoms with E-state index >= 15 is 0 Å². The lowest BCUT2D eigenvalue weighted by atomic mass is 10.1. The van der Waals surface area contributed by atoms with Crippen LogP contribution in [0.5, 0.6) is 0 Å². The van der Waals surface area contributed by atoms with E-state index in [9.17, 15) is 9.90 Å². The highest BCUT2D eigenvalue weighted by Crippen LogP contribution is 2.14. The zero-order valence-electron chi connectivity index (χ0n) is 8.23. The molecule has 2 N–H and O–H groups in total. The normalized spacial score (nSPS) is 12.1. The molecule has 0 spiro atoms. The molecule has 0 aromatic heterocycles. The highest BCUT2D eigenvalue weighted by atomic mass is 16.3. The summed E-state index contributed by atoms with van der Waals surface area (Å²) < 4.78 is 0. The summed E-state index contributed by atoms with van der Waals surface area (Å²) in [5.74, 6) is -0.0646. The Labute approximate surface area is 83.8 Å². The second-order valence-electron chi connectivity index (χ2n) is 3.20. The van der Waals surface area contributed by atoms with Gasteiger partial charge in [0.05, 0.1) is 6.10 Å². The van der Waals surface area contributed by atoms with E-state index in [1.165, 1.54) is 6.92 Å². The lowest BCUT2D eigenvalue weighted by Crippen LogP contribution is -2.22. The SMILES string of the molecule is CC(=O)NCC[C@H](O)c1ccccc1. The minimum Gasteiger partial charge on any atom is -0.388 e. The molecule has 0 aliphatic carbocycles. The Kier molecular flexibility index (Phi) is 4.13. The number of hydrogen-bond donors (Lipinski definition) is 2. The number of nitrogens with one attached hydrogen (secondary N) is 1. The van der Waals surface area contributed by atoms with Crippen molar-refractivity contribution in [2.45, 2.75) is 19.4 Å². The molecule has 0 saturated heterocycles. The molecule has 1 aromatic rings. The van der Waals surface area contributed by atoms with Gasteiger partial charge >= 0.3 is 0 Å². The number of rotatable bonds is 4. The van der Waals surface area contributed by atoms with Gasteiger partial charge in [-0.3, -0.25) is 4.79 Å². The van der Waals surface area contributed by atoms with Crippen molar-refractivity contribution in [1.29, 1.82) is 0 Å². The van der Waals surface area contributed by atoms with E-state index in [0.717, 1.165) is 5.56 Å². The Bertz CT molecular complexity index is 285. The van der Waals surface area contributed by atoms with Gasteiger partial charge in [0.1, 0.15) is 0 Å². The first-order valence-electron chi connectivity index (χ1n) is 4.67. The molecule has 14 heavy (non-hydrogen) atoms. The number of amides is 1. The number of benzene rings is 1. The van der Waals surface area contributed by atoms with Gasteiger partial charge in [0.2, 0.25) is 5.91 Å². The third kappa shape index (κ3) is 3.58. The third-order valence-corrected chi connectivity index (χ3v) is 1.98. The van der Waals surface area contributed by atoms with Crippen LogP contribution in [0.3, 0.4) is 0 Å². The minimum absolute atomic E-state index is 0.0646. The van der Waals surface area contributed by atoms with Gasteiger partial charge < -0.3 is 10.4 Å². The van der Waals surface area contributed by atoms with Crippen molar-refractivity contribution in [3.8, 4) is 0 Å². The Morgan fingerprint density at radius 1 is 1.43 bits per heavy atom. The van der Waals surface area contributed by atoms with Crippen molar-refractivity contribution >= 4 is 5.91 Å². The van der Waals surface area contributed by atoms with Crippen LogP contribution in [0.2, 0.25) is 0 Å². The molecule has 0 aliphatic rings. The maximum atomic E-state index is 10.6. The predicted octanol–water partition coefficient (Wildman–Crippen LogP) is 1.25. The van der Waals surface area contributed by atoms with Crippen molar-refractivity contribution in [1.82, 2.24) is 5.32 Å². The Morgan fingerprint density at radius 3 is 2.64 bits per heavy atom. The summed E-state index contributed by atoms with van der Waals surface area (Å²) in [6, 6.07) is 9.43. The molecule has 76 valence electrons. The quantitative estimate of drug-likeness (QED) is 0.756. The van der Waals surface area contributed by atoms with Gasteiger partial charge in [-0.2, -0.15) is 0 Å². The molecule has 1 amide bonds. The molecule has 1 rings (SSSR count). The number of aliphatic hydroxyl groups is 1. The van der Waals surface area contributed by atoms with E-state index in [-0.39, 0.29) is 5.91 Å². The van der Waals surface area contributed by atoms with Gasteiger partial charge in [-0.25, -0.2) is 0 Å². The highest BCUT2D eigenvalue weighted by molar-refractivity contribution is 5.72. The minimum atomic E-state index is -0.497. The van der Waals surface area contributed by atoms with Crippen molar-refractivity contribution in [2.24, 2.45) is 0 Å². The summed E-state index contributed by atoms with van der Waals surface area (Å²) in [6.07, 6.45) is 0.0481. The lowest BCUT2D eigenvalue weighted by Gasteiger charge is -2.10. The Hall–Kier alpha value is -1.35. The maximum absolute atomic E-state index is 10.6. The summed E-state index contributed by atoms with van der Waals surface area (Å²) in [7, 11) is 0. The first-order chi connectivity index (χ1) is 6.70. The van der Waals surface area contributed by atoms with Crippen LogP contribution in [0, 0.1) is 0 Å². The van der Waals surface area contributed by atoms with Crippen molar-refractivity contribution in [3.63, 3.8) is 0 Å². The zero-order valence-corrected chi connectivity index (χ0v) is 8.23. The largest absolute Gasteiger partial charge is 0.388 e. The van der Waals surface area contributed by atoms with E-state index in [1.807, 2.05) is 30.3 Å². The van der Waals surface area contributed by atoms with Gasteiger partial charge in [-0.1, -0.05) is 30.3 Å². The van der Waals surface area contributed by atoms with Gasteiger partial charge in [0.15, 0.2) is 0 Å². The summed E-state index contributed by atoms with van der Waals surface area (Å²) >= 11 is 0. The fourth-order valence-electron chi connectivity index (χ4n) is 1.23. The molecule has 3 heteroatoms. The number of hydrogen-bond acceptors (Lipinski definition) is 2. The van der Waals surface area contributed by atoms with Gasteiger partial charge in [0, 0.05) is 13.5 Å². The Morgan fingerprint density at radius 2 is 2.07 bits per heavy atom. The number of carbonyl (C=O) groups excluding carboxylic acids is 1. The molecular weight excluding hydrogens is 178 g/mol. The van der Waals surface area contributed by atoms with E-state index < -0.39 is 6.10 Å². The van der Waals surface area contributed by atoms with E-state index in [2.05, 4.69) is 5.32 Å². The smallest absolute Gasteiger partial charge is 0.216 e. The zero-order chi connectivity index (χ0) is 10.4. The topological polar surface area (TPSA) is 49.3 Å². The second kappa shape index (κ2) is 5.40. The molecule has 3 nitrogen and oxygen atoms in total. The first kappa shape index (κ1) is 10.7. The molecular formula is C11H15NO2. The summed E-state index contributed by atoms with van der Waals surface area (Å²) in [5, 5.41) is 12.3. The third-order valence-electron chi connectivity index (χ3n) is 1.98. The van der Waals surface area contributed by atoms with Gasteiger partial charge in [0.25, 0.3) is 0 Å². The predicted molar refractivity (Wildman–Crippen MR) is 54.7 cm³/mol. The summed E-state index contributed by atoms with van der Waals surface area (Å²) in [4.78, 5) is 10.6. The average molecular weight is 193 g/mol. The first-order valence-corrected chi connectivity index (χ1v) is 4.67. The molecule has 0 aliphatic heterocycles. The van der Waals surface area contributed by atoms with Gasteiger partial charge in [-0.15, -0.1) is 0 Å². The molecule has 0 radical (unpaired) electrons. The number of aliphatic hydroxyl groups excluding tert-OH is 1. The second-order valence-corrected chi connectivity index (χ2v) is 3.20. The molecule has 0 unspecified atom stereocenters. The van der Waals surface area contributed by atoms with Crippen LogP contribution < -0.4 is 5.32 Å². The average Bonchev–Trinajstić information content (AvgIpc) is 2.18. The van der Waals surface area contributed by atoms with Crippen LogP contribution in [0.15, 0.2) is 30.3 Å². The summed E-state index contributed by atoms with van der Waals surface area (Å²) in [5.41, 5.74) is 0.887. The molecule has 0 fully saturated rings. The fourth-order valence-corrected chi connectivity index (χ4v) is 1.23. The summed E-state index contributed by atoms with van der Waals surface area (Å²) in [6.45, 7) is 1.97. The standard InChI is InChI=1S/C11H15NO2/c1-9(13)12-8-7-11(14)10-5-3-2-4-6-10/h2-6,11,14H,7-8H2,1H3,(H,12,13)/t11-/m0/s1. The van der Waals surface area contributed by atoms with Gasteiger partial charge in [-0.05, 0) is 12.0 Å². The van der Waals surface area contributed by atoms with Crippen LogP contribution in [0.4, 0.5) is 0 Å². The number of carbonyl (C=O) groups is 1. The van der Waals surface area contributed by atoms with Crippen LogP contribution in [0.25, 0.3) is 0 Å². The van der Waals surface area contributed by atoms with Crippen LogP contribution in [-0.4, -0.2) is 17.6 Å². The highest BCUT2D eigenvalue weighted by Gasteiger charge is 2.05. The van der Waals surface area contributed by atoms with Crippen LogP contribution >= 0.6 is 0 Å². The van der Waals surface area contributed by atoms with E-state index in [0.29, 0.717) is 13.0 Å². The molecule has 0 saturated carbocycles. The van der Waals surface area contributed by atoms with Crippen LogP contribution in [0.1, 0.15) is 25.0 Å². The monoisotopic (exact) mass is 193 g/mol. The molecule has 1 aromatic carbocycles. The Balaban J connectivity index is 2.36. The molecule has 1 atom stereocenters. The molecule has 0 heterocycles. The van der Waals surface area contributed by atoms with Crippen molar-refractivity contribution < 1.29 is 9.90 Å². The van der Waals surface area contributed by atoms with Crippen molar-refractivity contribution in [2.75, 3.05) is 6.54 Å². The fraction of sp³-hybridized carbons (Fsp3) is 0.364. The lowest BCUT2D eigenvalue weighted by molar-refractivity contribution is -0.119. The molecule has 0 bridgehead atoms. The maximum Gasteiger partial charge on any atom is 0.216 e. The van der Waals surface area contributed by atoms with E-state index in [4.69, 9.17) is 0 Å². The van der Waals surface area contributed by atoms with E-state index in [1.54, 1.807) is 0 Å². The van der Waals surface area contributed by atoms with Crippen LogP contribution in [-0.2, 0) is 4.79 Å².